The second-order valence-corrected chi connectivity index (χ2v) is 29.5. The molecule has 111 heavy (non-hydrogen) atoms. The van der Waals surface area contributed by atoms with E-state index in [1.807, 2.05) is 123 Å². The molecule has 10 aromatic carbocycles. The van der Waals surface area contributed by atoms with Crippen LogP contribution in [0.4, 0.5) is 0 Å². The Bertz CT molecular complexity index is 4050. The Morgan fingerprint density at radius 1 is 0.378 bits per heavy atom. The number of pyridine rings is 1. The number of aromatic nitrogens is 1. The van der Waals surface area contributed by atoms with E-state index >= 15 is 0 Å². The van der Waals surface area contributed by atoms with Crippen molar-refractivity contribution in [2.45, 2.75) is 188 Å². The monoisotopic (exact) mass is 1470 g/mol. The van der Waals surface area contributed by atoms with Gasteiger partial charge in [-0.3, -0.25) is 9.78 Å². The number of para-hydroxylation sites is 1. The van der Waals surface area contributed by atoms with Gasteiger partial charge in [0.15, 0.2) is 0 Å². The highest BCUT2D eigenvalue weighted by atomic mass is 16.1. The molecule has 3 nitrogen and oxygen atoms in total. The standard InChI is InChI=1S/C21H26.C19H17N.3C12H16.C11H14O.C11H14.C10H12O/c1-4-20(19-15-9-6-10-16-19)21(2,3)17-11-14-18-12-7-5-8-13-18;1-2-15(16-8-4-3-5-9-16)14-18-13-12-17-10-6-7-11-19(17)20-18;3*1-4-12(10(2)3)11-8-6-5-7-9-11;1-3-11(9(2)12)10-7-5-4-6-8-10;1-3-10(4-2)11-8-6-5-7-9-11;1-2-9(8-11)10-6-4-3-5-7-10/h4-10,12-13,15-16,20H,1,11,14,17H2,2-3H3;2-13,15H,1,14H2;2*5-9,12H,2,4H2,1,3H3;4-10,12H,1H2,2-3H3;4-8,11H,3H2,1-2H3;3,5-10H,1,4H2,2H3;3-9H,2H2,1H3/t20-;15-;3*12-;11-;10-;9-/m10000000/s1. The molecule has 1 aromatic heterocycles. The maximum Gasteiger partial charge on any atom is 0.137 e. The van der Waals surface area contributed by atoms with Crippen molar-refractivity contribution in [2.24, 2.45) is 11.3 Å². The van der Waals surface area contributed by atoms with Crippen molar-refractivity contribution in [1.82, 2.24) is 4.98 Å². The minimum Gasteiger partial charge on any atom is -0.303 e. The Morgan fingerprint density at radius 2 is 0.721 bits per heavy atom. The number of ketones is 1. The number of rotatable bonds is 29. The van der Waals surface area contributed by atoms with Gasteiger partial charge in [-0.25, -0.2) is 0 Å². The molecule has 0 aliphatic rings. The Kier molecular flexibility index (Phi) is 45.2. The van der Waals surface area contributed by atoms with Gasteiger partial charge in [-0.1, -0.05) is 408 Å². The van der Waals surface area contributed by atoms with E-state index in [4.69, 9.17) is 4.98 Å². The van der Waals surface area contributed by atoms with Gasteiger partial charge in [0.25, 0.3) is 0 Å². The molecule has 11 aromatic rings. The molecule has 0 aliphatic heterocycles. The molecule has 0 saturated carbocycles. The van der Waals surface area contributed by atoms with Gasteiger partial charge in [0, 0.05) is 58.4 Å². The molecule has 1 heterocycles. The molecule has 0 radical (unpaired) electrons. The van der Waals surface area contributed by atoms with Gasteiger partial charge >= 0.3 is 0 Å². The zero-order chi connectivity index (χ0) is 81.0. The average Bonchev–Trinajstić information content (AvgIpc) is 0.835. The molecule has 0 saturated heterocycles. The normalized spacial score (nSPS) is 12.5. The van der Waals surface area contributed by atoms with E-state index in [1.54, 1.807) is 6.92 Å². The summed E-state index contributed by atoms with van der Waals surface area (Å²) in [6.45, 7) is 49.4. The van der Waals surface area contributed by atoms with E-state index in [1.165, 1.54) is 68.3 Å². The summed E-state index contributed by atoms with van der Waals surface area (Å²) >= 11 is 0. The summed E-state index contributed by atoms with van der Waals surface area (Å²) in [6.07, 6.45) is 18.8. The number of fused-ring (bicyclic) bond motifs is 1. The number of hydrogen-bond acceptors (Lipinski definition) is 3. The number of benzene rings is 10. The van der Waals surface area contributed by atoms with Crippen molar-refractivity contribution in [3.63, 3.8) is 0 Å². The molecule has 11 rings (SSSR count). The van der Waals surface area contributed by atoms with E-state index in [0.717, 1.165) is 73.6 Å². The number of aldehydes is 1. The molecule has 0 N–H and O–H groups in total. The van der Waals surface area contributed by atoms with Gasteiger partial charge in [0.2, 0.25) is 0 Å². The van der Waals surface area contributed by atoms with E-state index in [0.29, 0.717) is 41.4 Å². The topological polar surface area (TPSA) is 47.0 Å². The van der Waals surface area contributed by atoms with Crippen LogP contribution in [0, 0.1) is 11.3 Å². The summed E-state index contributed by atoms with van der Waals surface area (Å²) in [5, 5.41) is 1.19. The van der Waals surface area contributed by atoms with Crippen LogP contribution in [0.2, 0.25) is 0 Å². The number of hydrogen-bond donors (Lipinski definition) is 0. The highest BCUT2D eigenvalue weighted by Crippen LogP contribution is 2.41. The predicted octanol–water partition coefficient (Wildman–Crippen LogP) is 30.4. The SMILES string of the molecule is C=C(C)[C@H](CC)c1ccccc1.C=C(C)[C@H](CC)c1ccccc1.C=C[C@@H](CC)c1ccccc1.C=C[C@@H](Cc1ccc2ccccc2n1)c1ccccc1.C=C[C@H](c1ccccc1)C(C)(C)CCCc1ccccc1.C=C[C@H](c1ccccc1)C(C)C.CC[C@@H](C(C)=O)c1ccccc1.CC[C@@H](C=O)c1ccccc1. The van der Waals surface area contributed by atoms with Gasteiger partial charge in [-0.15, -0.1) is 26.3 Å². The molecule has 0 amide bonds. The number of carbonyl (C=O) groups is 2. The smallest absolute Gasteiger partial charge is 0.137 e. The molecule has 3 heteroatoms. The van der Waals surface area contributed by atoms with Crippen LogP contribution >= 0.6 is 0 Å². The van der Waals surface area contributed by atoms with E-state index in [2.05, 4.69) is 326 Å². The quantitative estimate of drug-likeness (QED) is 0.0347. The summed E-state index contributed by atoms with van der Waals surface area (Å²) < 4.78 is 0. The lowest BCUT2D eigenvalue weighted by Crippen LogP contribution is -2.21. The lowest BCUT2D eigenvalue weighted by Gasteiger charge is -2.33. The molecule has 0 unspecified atom stereocenters. The molecule has 0 aliphatic carbocycles. The van der Waals surface area contributed by atoms with Crippen LogP contribution in [0.25, 0.3) is 10.9 Å². The number of nitrogens with zero attached hydrogens (tertiary/aromatic N) is 1. The van der Waals surface area contributed by atoms with Crippen LogP contribution in [0.1, 0.15) is 231 Å². The summed E-state index contributed by atoms with van der Waals surface area (Å²) in [5.41, 5.74) is 16.7. The molecular formula is C108H131NO2. The highest BCUT2D eigenvalue weighted by molar-refractivity contribution is 5.83. The first-order chi connectivity index (χ1) is 53.8. The minimum atomic E-state index is 0.0798. The highest BCUT2D eigenvalue weighted by Gasteiger charge is 2.28. The van der Waals surface area contributed by atoms with Crippen molar-refractivity contribution >= 4 is 23.0 Å². The average molecular weight is 1480 g/mol. The molecule has 0 bridgehead atoms. The van der Waals surface area contributed by atoms with Crippen LogP contribution in [0.5, 0.6) is 0 Å². The summed E-state index contributed by atoms with van der Waals surface area (Å²) in [5.74, 6) is 3.86. The predicted molar refractivity (Wildman–Crippen MR) is 486 cm³/mol. The Labute approximate surface area is 672 Å². The molecule has 0 spiro atoms. The fraction of sp³-hybridized carbons (Fsp3) is 0.287. The Morgan fingerprint density at radius 3 is 1.06 bits per heavy atom. The summed E-state index contributed by atoms with van der Waals surface area (Å²) in [6, 6.07) is 106. The molecule has 0 fully saturated rings. The van der Waals surface area contributed by atoms with Crippen molar-refractivity contribution < 1.29 is 9.59 Å². The van der Waals surface area contributed by atoms with Crippen molar-refractivity contribution in [3.05, 3.63) is 440 Å². The maximum absolute atomic E-state index is 11.2. The fourth-order valence-electron chi connectivity index (χ4n) is 14.0. The van der Waals surface area contributed by atoms with Crippen molar-refractivity contribution in [1.29, 1.82) is 0 Å². The van der Waals surface area contributed by atoms with Crippen LogP contribution in [-0.2, 0) is 22.4 Å². The zero-order valence-electron chi connectivity index (χ0n) is 69.4. The number of Topliss-reactive ketones (excluding diaryl/α,β-unsaturated/α-hetero) is 1. The largest absolute Gasteiger partial charge is 0.303 e. The molecular weight excluding hydrogens is 1340 g/mol. The first kappa shape index (κ1) is 92.8. The van der Waals surface area contributed by atoms with Crippen molar-refractivity contribution in [2.75, 3.05) is 0 Å². The van der Waals surface area contributed by atoms with Crippen molar-refractivity contribution in [3.8, 4) is 0 Å². The third kappa shape index (κ3) is 34.0. The summed E-state index contributed by atoms with van der Waals surface area (Å²) in [4.78, 5) is 26.5. The molecule has 580 valence electrons. The number of carbonyl (C=O) groups excluding carboxylic acids is 2. The fourth-order valence-corrected chi connectivity index (χ4v) is 14.0. The third-order valence-corrected chi connectivity index (χ3v) is 20.4. The first-order valence-corrected chi connectivity index (χ1v) is 40.3. The molecule has 8 atom stereocenters. The van der Waals surface area contributed by atoms with Crippen LogP contribution in [-0.4, -0.2) is 17.1 Å². The van der Waals surface area contributed by atoms with Crippen LogP contribution < -0.4 is 0 Å². The summed E-state index contributed by atoms with van der Waals surface area (Å²) in [7, 11) is 0. The van der Waals surface area contributed by atoms with Gasteiger partial charge < -0.3 is 4.79 Å². The first-order valence-electron chi connectivity index (χ1n) is 40.3. The van der Waals surface area contributed by atoms with Gasteiger partial charge in [0.1, 0.15) is 12.1 Å². The lowest BCUT2D eigenvalue weighted by atomic mass is 9.72. The van der Waals surface area contributed by atoms with E-state index in [9.17, 15) is 9.59 Å². The van der Waals surface area contributed by atoms with E-state index in [-0.39, 0.29) is 23.0 Å². The number of aryl methyl sites for hydroxylation is 1. The maximum atomic E-state index is 11.2. The lowest BCUT2D eigenvalue weighted by molar-refractivity contribution is -0.118. The van der Waals surface area contributed by atoms with Crippen LogP contribution in [0.15, 0.2) is 384 Å². The van der Waals surface area contributed by atoms with Gasteiger partial charge in [0.05, 0.1) is 5.52 Å². The third-order valence-electron chi connectivity index (χ3n) is 20.4. The second kappa shape index (κ2) is 54.1. The van der Waals surface area contributed by atoms with Crippen LogP contribution in [0.3, 0.4) is 0 Å². The minimum absolute atomic E-state index is 0.0798. The Hall–Kier alpha value is -10.6. The Balaban J connectivity index is 0.000000272. The van der Waals surface area contributed by atoms with Gasteiger partial charge in [-0.05, 0) is 152 Å². The van der Waals surface area contributed by atoms with Gasteiger partial charge in [-0.2, -0.15) is 0 Å². The zero-order valence-corrected chi connectivity index (χ0v) is 69.4. The second-order valence-electron chi connectivity index (χ2n) is 29.5. The van der Waals surface area contributed by atoms with E-state index < -0.39 is 0 Å². The number of allylic oxidation sites excluding steroid dienone is 6.